The summed E-state index contributed by atoms with van der Waals surface area (Å²) in [4.78, 5) is 42.4. The van der Waals surface area contributed by atoms with Crippen LogP contribution in [0.15, 0.2) is 30.4 Å². The summed E-state index contributed by atoms with van der Waals surface area (Å²) in [6.07, 6.45) is 5.42. The quantitative estimate of drug-likeness (QED) is 0.510. The van der Waals surface area contributed by atoms with Crippen LogP contribution in [0, 0.1) is 43.4 Å². The number of allylic oxidation sites excluding steroid dienone is 1. The molecule has 2 aliphatic rings. The van der Waals surface area contributed by atoms with Crippen LogP contribution < -0.4 is 10.6 Å². The van der Waals surface area contributed by atoms with Crippen LogP contribution in [0.1, 0.15) is 44.7 Å². The SMILES string of the molecule is CC[C@H](C)[C@H](CO)N1C(=O)[C@H]2[C@H](C=C[C@@H](CC)[C@H]2C(=O)NC)[C@H]1C(=O)Nc1c(C)cccc1C. The molecular formula is C27H39N3O4. The first-order valence-corrected chi connectivity index (χ1v) is 12.4. The van der Waals surface area contributed by atoms with Crippen LogP contribution in [0.25, 0.3) is 0 Å². The maximum Gasteiger partial charge on any atom is 0.247 e. The van der Waals surface area contributed by atoms with Crippen LogP contribution in [0.3, 0.4) is 0 Å². The molecule has 186 valence electrons. The van der Waals surface area contributed by atoms with Gasteiger partial charge in [-0.25, -0.2) is 0 Å². The van der Waals surface area contributed by atoms with E-state index in [0.717, 1.165) is 29.7 Å². The van der Waals surface area contributed by atoms with E-state index in [4.69, 9.17) is 0 Å². The van der Waals surface area contributed by atoms with Gasteiger partial charge in [0.15, 0.2) is 0 Å². The summed E-state index contributed by atoms with van der Waals surface area (Å²) in [6.45, 7) is 9.63. The second kappa shape index (κ2) is 10.7. The second-order valence-corrected chi connectivity index (χ2v) is 9.78. The minimum absolute atomic E-state index is 0.00555. The summed E-state index contributed by atoms with van der Waals surface area (Å²) in [6, 6.07) is 4.51. The molecule has 3 rings (SSSR count). The van der Waals surface area contributed by atoms with Gasteiger partial charge in [-0.3, -0.25) is 14.4 Å². The summed E-state index contributed by atoms with van der Waals surface area (Å²) in [7, 11) is 1.58. The van der Waals surface area contributed by atoms with Crippen molar-refractivity contribution < 1.29 is 19.5 Å². The Morgan fingerprint density at radius 3 is 2.29 bits per heavy atom. The van der Waals surface area contributed by atoms with Crippen molar-refractivity contribution in [3.63, 3.8) is 0 Å². The number of carbonyl (C=O) groups excluding carboxylic acids is 3. The van der Waals surface area contributed by atoms with Gasteiger partial charge < -0.3 is 20.6 Å². The molecule has 0 aromatic heterocycles. The molecule has 0 saturated carbocycles. The molecule has 7 nitrogen and oxygen atoms in total. The van der Waals surface area contributed by atoms with E-state index in [9.17, 15) is 19.5 Å². The molecular weight excluding hydrogens is 430 g/mol. The van der Waals surface area contributed by atoms with Crippen LogP contribution in [0.4, 0.5) is 5.69 Å². The number of carbonyl (C=O) groups is 3. The summed E-state index contributed by atoms with van der Waals surface area (Å²) in [5, 5.41) is 16.1. The number of aliphatic hydroxyl groups is 1. The number of hydrogen-bond acceptors (Lipinski definition) is 4. The molecule has 1 aliphatic heterocycles. The molecule has 3 N–H and O–H groups in total. The molecule has 1 fully saturated rings. The summed E-state index contributed by atoms with van der Waals surface area (Å²) < 4.78 is 0. The molecule has 1 aliphatic carbocycles. The largest absolute Gasteiger partial charge is 0.394 e. The van der Waals surface area contributed by atoms with Gasteiger partial charge in [0.05, 0.1) is 24.5 Å². The topological polar surface area (TPSA) is 98.7 Å². The fraction of sp³-hybridized carbons (Fsp3) is 0.593. The van der Waals surface area contributed by atoms with E-state index in [1.807, 2.05) is 65.0 Å². The molecule has 34 heavy (non-hydrogen) atoms. The number of nitrogens with zero attached hydrogens (tertiary/aromatic N) is 1. The zero-order valence-electron chi connectivity index (χ0n) is 21.2. The fourth-order valence-corrected chi connectivity index (χ4v) is 5.74. The lowest BCUT2D eigenvalue weighted by Crippen LogP contribution is -2.52. The number of hydrogen-bond donors (Lipinski definition) is 3. The molecule has 1 aromatic rings. The molecule has 3 amide bonds. The minimum atomic E-state index is -0.802. The average Bonchev–Trinajstić information content (AvgIpc) is 3.12. The number of fused-ring (bicyclic) bond motifs is 1. The maximum atomic E-state index is 14.0. The Labute approximate surface area is 203 Å². The smallest absolute Gasteiger partial charge is 0.247 e. The molecule has 0 radical (unpaired) electrons. The summed E-state index contributed by atoms with van der Waals surface area (Å²) in [5.74, 6) is -2.40. The van der Waals surface area contributed by atoms with Crippen molar-refractivity contribution in [3.05, 3.63) is 41.5 Å². The van der Waals surface area contributed by atoms with E-state index < -0.39 is 29.8 Å². The van der Waals surface area contributed by atoms with Crippen molar-refractivity contribution in [1.82, 2.24) is 10.2 Å². The first-order chi connectivity index (χ1) is 16.2. The predicted octanol–water partition coefficient (Wildman–Crippen LogP) is 3.05. The monoisotopic (exact) mass is 469 g/mol. The van der Waals surface area contributed by atoms with Crippen molar-refractivity contribution in [2.24, 2.45) is 29.6 Å². The fourth-order valence-electron chi connectivity index (χ4n) is 5.74. The van der Waals surface area contributed by atoms with E-state index in [0.29, 0.717) is 0 Å². The number of anilines is 1. The van der Waals surface area contributed by atoms with Gasteiger partial charge in [-0.05, 0) is 43.2 Å². The lowest BCUT2D eigenvalue weighted by molar-refractivity contribution is -0.143. The highest BCUT2D eigenvalue weighted by Crippen LogP contribution is 2.46. The van der Waals surface area contributed by atoms with Crippen LogP contribution in [-0.4, -0.2) is 53.5 Å². The Balaban J connectivity index is 2.10. The molecule has 0 spiro atoms. The second-order valence-electron chi connectivity index (χ2n) is 9.78. The zero-order valence-corrected chi connectivity index (χ0v) is 21.2. The van der Waals surface area contributed by atoms with Gasteiger partial charge in [-0.15, -0.1) is 0 Å². The van der Waals surface area contributed by atoms with E-state index in [1.165, 1.54) is 0 Å². The number of para-hydroxylation sites is 1. The normalized spacial score (nSPS) is 27.8. The number of amides is 3. The zero-order chi connectivity index (χ0) is 25.2. The van der Waals surface area contributed by atoms with Crippen LogP contribution in [0.5, 0.6) is 0 Å². The number of aryl methyl sites for hydroxylation is 2. The van der Waals surface area contributed by atoms with Crippen molar-refractivity contribution in [2.75, 3.05) is 19.0 Å². The molecule has 1 heterocycles. The number of nitrogens with one attached hydrogen (secondary N) is 2. The maximum absolute atomic E-state index is 14.0. The standard InChI is InChI=1S/C27H39N3O4/c1-7-15(3)20(14-31)30-24(26(33)29-23-16(4)10-9-11-17(23)5)19-13-12-18(8-2)21(25(32)28-6)22(19)27(30)34/h9-13,15,18-22,24,31H,7-8,14H2,1-6H3,(H,28,32)(H,29,33)/t15-,18+,19-,20-,21+,22-,24-/m0/s1. The first-order valence-electron chi connectivity index (χ1n) is 12.4. The number of likely N-dealkylation sites (tertiary alicyclic amines) is 1. The minimum Gasteiger partial charge on any atom is -0.394 e. The third kappa shape index (κ3) is 4.50. The van der Waals surface area contributed by atoms with Gasteiger partial charge in [-0.2, -0.15) is 0 Å². The van der Waals surface area contributed by atoms with Crippen molar-refractivity contribution in [2.45, 2.75) is 59.5 Å². The van der Waals surface area contributed by atoms with Crippen molar-refractivity contribution >= 4 is 23.4 Å². The number of aliphatic hydroxyl groups excluding tert-OH is 1. The van der Waals surface area contributed by atoms with Gasteiger partial charge >= 0.3 is 0 Å². The van der Waals surface area contributed by atoms with Crippen molar-refractivity contribution in [3.8, 4) is 0 Å². The third-order valence-corrected chi connectivity index (χ3v) is 7.91. The molecule has 7 atom stereocenters. The Bertz CT molecular complexity index is 939. The highest BCUT2D eigenvalue weighted by atomic mass is 16.3. The summed E-state index contributed by atoms with van der Waals surface area (Å²) >= 11 is 0. The van der Waals surface area contributed by atoms with E-state index >= 15 is 0 Å². The lowest BCUT2D eigenvalue weighted by Gasteiger charge is -2.36. The molecule has 7 heteroatoms. The van der Waals surface area contributed by atoms with Gasteiger partial charge in [-0.1, -0.05) is 57.5 Å². The molecule has 1 saturated heterocycles. The number of rotatable bonds is 8. The Morgan fingerprint density at radius 1 is 1.12 bits per heavy atom. The lowest BCUT2D eigenvalue weighted by atomic mass is 9.69. The Morgan fingerprint density at radius 2 is 1.76 bits per heavy atom. The average molecular weight is 470 g/mol. The van der Waals surface area contributed by atoms with Crippen LogP contribution in [0.2, 0.25) is 0 Å². The van der Waals surface area contributed by atoms with Gasteiger partial charge in [0, 0.05) is 18.7 Å². The third-order valence-electron chi connectivity index (χ3n) is 7.91. The van der Waals surface area contributed by atoms with Crippen LogP contribution >= 0.6 is 0 Å². The van der Waals surface area contributed by atoms with E-state index in [2.05, 4.69) is 10.6 Å². The molecule has 0 bridgehead atoms. The predicted molar refractivity (Wildman–Crippen MR) is 133 cm³/mol. The van der Waals surface area contributed by atoms with Crippen molar-refractivity contribution in [1.29, 1.82) is 0 Å². The van der Waals surface area contributed by atoms with Crippen LogP contribution in [-0.2, 0) is 14.4 Å². The summed E-state index contributed by atoms with van der Waals surface area (Å²) in [5.41, 5.74) is 2.62. The number of benzene rings is 1. The highest BCUT2D eigenvalue weighted by molar-refractivity contribution is 6.02. The van der Waals surface area contributed by atoms with Gasteiger partial charge in [0.1, 0.15) is 6.04 Å². The van der Waals surface area contributed by atoms with Gasteiger partial charge in [0.25, 0.3) is 0 Å². The Hall–Kier alpha value is -2.67. The Kier molecular flexibility index (Phi) is 8.18. The van der Waals surface area contributed by atoms with E-state index in [-0.39, 0.29) is 36.2 Å². The molecule has 1 aromatic carbocycles. The van der Waals surface area contributed by atoms with Gasteiger partial charge in [0.2, 0.25) is 17.7 Å². The highest BCUT2D eigenvalue weighted by Gasteiger charge is 2.58. The molecule has 0 unspecified atom stereocenters. The van der Waals surface area contributed by atoms with E-state index in [1.54, 1.807) is 11.9 Å². The first kappa shape index (κ1) is 25.9.